The van der Waals surface area contributed by atoms with E-state index in [1.54, 1.807) is 0 Å². The van der Waals surface area contributed by atoms with E-state index in [2.05, 4.69) is 13.8 Å². The monoisotopic (exact) mass is 152 g/mol. The van der Waals surface area contributed by atoms with Crippen LogP contribution in [0.5, 0.6) is 0 Å². The van der Waals surface area contributed by atoms with E-state index < -0.39 is 0 Å². The molecule has 0 aromatic rings. The Morgan fingerprint density at radius 2 is 2.09 bits per heavy atom. The molecule has 3 rings (SSSR count). The maximum atomic E-state index is 11.3. The minimum absolute atomic E-state index is 0.426. The van der Waals surface area contributed by atoms with Crippen LogP contribution in [0.1, 0.15) is 39.5 Å². The number of rotatable bonds is 0. The lowest BCUT2D eigenvalue weighted by Crippen LogP contribution is -2.42. The topological polar surface area (TPSA) is 17.1 Å². The summed E-state index contributed by atoms with van der Waals surface area (Å²) in [7, 11) is 0. The van der Waals surface area contributed by atoms with E-state index in [9.17, 15) is 4.79 Å². The molecule has 1 heteroatoms. The maximum absolute atomic E-state index is 11.3. The number of hydrogen-bond acceptors (Lipinski definition) is 1. The smallest absolute Gasteiger partial charge is 0.136 e. The normalized spacial score (nSPS) is 41.1. The number of fused-ring (bicyclic) bond motifs is 3. The van der Waals surface area contributed by atoms with Gasteiger partial charge in [0.1, 0.15) is 5.78 Å². The summed E-state index contributed by atoms with van der Waals surface area (Å²) in [6.07, 6.45) is 4.49. The quantitative estimate of drug-likeness (QED) is 0.521. The van der Waals surface area contributed by atoms with Crippen LogP contribution in [0.2, 0.25) is 0 Å². The van der Waals surface area contributed by atoms with Gasteiger partial charge in [-0.15, -0.1) is 0 Å². The van der Waals surface area contributed by atoms with Gasteiger partial charge in [0, 0.05) is 12.3 Å². The van der Waals surface area contributed by atoms with Crippen LogP contribution in [0, 0.1) is 17.3 Å². The molecule has 3 aliphatic carbocycles. The largest absolute Gasteiger partial charge is 0.299 e. The molecule has 0 amide bonds. The highest BCUT2D eigenvalue weighted by atomic mass is 16.1. The van der Waals surface area contributed by atoms with Gasteiger partial charge in [0.2, 0.25) is 0 Å². The highest BCUT2D eigenvalue weighted by Crippen LogP contribution is 2.50. The Morgan fingerprint density at radius 3 is 2.36 bits per heavy atom. The lowest BCUT2D eigenvalue weighted by atomic mass is 9.57. The molecule has 0 saturated heterocycles. The summed E-state index contributed by atoms with van der Waals surface area (Å²) in [4.78, 5) is 11.3. The van der Waals surface area contributed by atoms with Crippen LogP contribution in [0.4, 0.5) is 0 Å². The van der Waals surface area contributed by atoms with Crippen molar-refractivity contribution >= 4 is 5.78 Å². The summed E-state index contributed by atoms with van der Waals surface area (Å²) >= 11 is 0. The molecule has 3 fully saturated rings. The molecule has 0 aromatic carbocycles. The molecular weight excluding hydrogens is 136 g/mol. The van der Waals surface area contributed by atoms with Crippen LogP contribution < -0.4 is 0 Å². The number of ketones is 1. The van der Waals surface area contributed by atoms with Crippen molar-refractivity contribution in [1.29, 1.82) is 0 Å². The summed E-state index contributed by atoms with van der Waals surface area (Å²) in [6, 6.07) is 0. The molecule has 2 bridgehead atoms. The first-order valence-corrected chi connectivity index (χ1v) is 4.62. The summed E-state index contributed by atoms with van der Waals surface area (Å²) in [5.41, 5.74) is 0.455. The number of hydrogen-bond donors (Lipinski definition) is 0. The van der Waals surface area contributed by atoms with Gasteiger partial charge in [-0.25, -0.2) is 0 Å². The van der Waals surface area contributed by atoms with Crippen molar-refractivity contribution in [2.75, 3.05) is 0 Å². The Labute approximate surface area is 68.2 Å². The molecule has 0 spiro atoms. The van der Waals surface area contributed by atoms with Crippen LogP contribution in [0.25, 0.3) is 0 Å². The molecule has 0 N–H and O–H groups in total. The molecule has 11 heavy (non-hydrogen) atoms. The zero-order valence-corrected chi connectivity index (χ0v) is 7.39. The molecule has 0 heterocycles. The second-order valence-electron chi connectivity index (χ2n) is 4.83. The number of carbonyl (C=O) groups is 1. The van der Waals surface area contributed by atoms with Crippen molar-refractivity contribution < 1.29 is 4.79 Å². The van der Waals surface area contributed by atoms with Gasteiger partial charge >= 0.3 is 0 Å². The SMILES string of the molecule is CC1(C)C[C@@H]2CCC1CC2=O. The predicted molar refractivity (Wildman–Crippen MR) is 44.2 cm³/mol. The van der Waals surface area contributed by atoms with E-state index in [-0.39, 0.29) is 0 Å². The van der Waals surface area contributed by atoms with Crippen molar-refractivity contribution in [3.63, 3.8) is 0 Å². The van der Waals surface area contributed by atoms with Gasteiger partial charge in [-0.3, -0.25) is 4.79 Å². The average Bonchev–Trinajstić information content (AvgIpc) is 1.90. The second-order valence-corrected chi connectivity index (χ2v) is 4.83. The van der Waals surface area contributed by atoms with E-state index in [0.29, 0.717) is 23.0 Å². The van der Waals surface area contributed by atoms with Gasteiger partial charge in [0.25, 0.3) is 0 Å². The van der Waals surface area contributed by atoms with Crippen LogP contribution in [-0.2, 0) is 4.79 Å². The van der Waals surface area contributed by atoms with Crippen molar-refractivity contribution in [3.05, 3.63) is 0 Å². The van der Waals surface area contributed by atoms with Crippen LogP contribution in [0.3, 0.4) is 0 Å². The highest BCUT2D eigenvalue weighted by molar-refractivity contribution is 5.83. The first-order valence-electron chi connectivity index (χ1n) is 4.62. The summed E-state index contributed by atoms with van der Waals surface area (Å²) in [6.45, 7) is 4.63. The standard InChI is InChI=1S/C10H16O/c1-10(2)6-7-3-4-8(10)5-9(7)11/h7-8H,3-6H2,1-2H3/t7-,8?/m0/s1. The lowest BCUT2D eigenvalue weighted by Gasteiger charge is -2.47. The second kappa shape index (κ2) is 2.09. The fourth-order valence-electron chi connectivity index (χ4n) is 2.76. The summed E-state index contributed by atoms with van der Waals surface area (Å²) < 4.78 is 0. The van der Waals surface area contributed by atoms with E-state index in [0.717, 1.165) is 12.8 Å². The minimum Gasteiger partial charge on any atom is -0.299 e. The zero-order valence-electron chi connectivity index (χ0n) is 7.39. The Kier molecular flexibility index (Phi) is 1.39. The fraction of sp³-hybridized carbons (Fsp3) is 0.900. The predicted octanol–water partition coefficient (Wildman–Crippen LogP) is 2.40. The fourth-order valence-corrected chi connectivity index (χ4v) is 2.76. The van der Waals surface area contributed by atoms with Crippen LogP contribution in [-0.4, -0.2) is 5.78 Å². The first kappa shape index (κ1) is 7.33. The Bertz CT molecular complexity index is 193. The molecule has 3 aliphatic rings. The molecule has 0 aliphatic heterocycles. The Balaban J connectivity index is 2.23. The molecule has 0 aromatic heterocycles. The molecule has 62 valence electrons. The van der Waals surface area contributed by atoms with Gasteiger partial charge in [0.05, 0.1) is 0 Å². The number of Topliss-reactive ketones (excluding diaryl/α,β-unsaturated/α-hetero) is 1. The van der Waals surface area contributed by atoms with Crippen molar-refractivity contribution in [2.24, 2.45) is 17.3 Å². The maximum Gasteiger partial charge on any atom is 0.136 e. The summed E-state index contributed by atoms with van der Waals surface area (Å²) in [5.74, 6) is 1.66. The molecule has 1 nitrogen and oxygen atoms in total. The van der Waals surface area contributed by atoms with Gasteiger partial charge in [-0.2, -0.15) is 0 Å². The molecular formula is C10H16O. The van der Waals surface area contributed by atoms with Gasteiger partial charge in [-0.05, 0) is 30.6 Å². The molecule has 0 radical (unpaired) electrons. The van der Waals surface area contributed by atoms with Crippen molar-refractivity contribution in [2.45, 2.75) is 39.5 Å². The van der Waals surface area contributed by atoms with Crippen LogP contribution >= 0.6 is 0 Å². The first-order chi connectivity index (χ1) is 5.09. The van der Waals surface area contributed by atoms with Gasteiger partial charge in [-0.1, -0.05) is 13.8 Å². The lowest BCUT2D eigenvalue weighted by molar-refractivity contribution is -0.134. The molecule has 2 atom stereocenters. The summed E-state index contributed by atoms with van der Waals surface area (Å²) in [5, 5.41) is 0. The highest BCUT2D eigenvalue weighted by Gasteiger charge is 2.45. The van der Waals surface area contributed by atoms with Crippen molar-refractivity contribution in [3.8, 4) is 0 Å². The van der Waals surface area contributed by atoms with E-state index in [1.165, 1.54) is 12.8 Å². The van der Waals surface area contributed by atoms with Gasteiger partial charge < -0.3 is 0 Å². The average molecular weight is 152 g/mol. The minimum atomic E-state index is 0.426. The third-order valence-electron chi connectivity index (χ3n) is 3.64. The zero-order chi connectivity index (χ0) is 8.06. The van der Waals surface area contributed by atoms with E-state index in [4.69, 9.17) is 0 Å². The van der Waals surface area contributed by atoms with Crippen molar-refractivity contribution in [1.82, 2.24) is 0 Å². The van der Waals surface area contributed by atoms with Gasteiger partial charge in [0.15, 0.2) is 0 Å². The molecule has 1 unspecified atom stereocenters. The third kappa shape index (κ3) is 1.02. The molecule has 3 saturated carbocycles. The van der Waals surface area contributed by atoms with Crippen LogP contribution in [0.15, 0.2) is 0 Å². The Morgan fingerprint density at radius 1 is 1.36 bits per heavy atom. The van der Waals surface area contributed by atoms with E-state index in [1.807, 2.05) is 0 Å². The third-order valence-corrected chi connectivity index (χ3v) is 3.64. The number of carbonyl (C=O) groups excluding carboxylic acids is 1. The Hall–Kier alpha value is -0.330. The van der Waals surface area contributed by atoms with E-state index >= 15 is 0 Å².